The van der Waals surface area contributed by atoms with E-state index in [-0.39, 0.29) is 11.5 Å². The van der Waals surface area contributed by atoms with E-state index < -0.39 is 12.6 Å². The van der Waals surface area contributed by atoms with Crippen molar-refractivity contribution in [3.05, 3.63) is 48.0 Å². The molecule has 2 N–H and O–H groups in total. The third kappa shape index (κ3) is 4.70. The summed E-state index contributed by atoms with van der Waals surface area (Å²) in [7, 11) is 0. The normalized spacial score (nSPS) is 19.9. The lowest BCUT2D eigenvalue weighted by Crippen LogP contribution is -2.29. The van der Waals surface area contributed by atoms with Crippen molar-refractivity contribution in [3.63, 3.8) is 0 Å². The molecule has 1 aromatic heterocycles. The molecule has 1 aliphatic carbocycles. The number of ether oxygens (including phenoxy) is 1. The van der Waals surface area contributed by atoms with Crippen molar-refractivity contribution in [2.75, 3.05) is 11.9 Å². The van der Waals surface area contributed by atoms with E-state index in [1.54, 1.807) is 24.3 Å². The van der Waals surface area contributed by atoms with Crippen LogP contribution in [0.25, 0.3) is 11.0 Å². The number of carboxylic acids is 1. The minimum Gasteiger partial charge on any atom is -0.482 e. The number of hydrogen-bond donors (Lipinski definition) is 2. The highest BCUT2D eigenvalue weighted by atomic mass is 16.5. The Morgan fingerprint density at radius 1 is 1.28 bits per heavy atom. The summed E-state index contributed by atoms with van der Waals surface area (Å²) in [5.41, 5.74) is 3.42. The van der Waals surface area contributed by atoms with Crippen molar-refractivity contribution in [2.24, 2.45) is 11.3 Å². The Balaban J connectivity index is 1.75. The van der Waals surface area contributed by atoms with Gasteiger partial charge in [-0.05, 0) is 67.0 Å². The van der Waals surface area contributed by atoms with E-state index in [9.17, 15) is 4.79 Å². The second-order valence-corrected chi connectivity index (χ2v) is 9.52. The first-order chi connectivity index (χ1) is 15.2. The first-order valence-corrected chi connectivity index (χ1v) is 10.9. The lowest BCUT2D eigenvalue weighted by atomic mass is 9.70. The lowest BCUT2D eigenvalue weighted by molar-refractivity contribution is -0.139. The molecular formula is C25H28N4O3. The second kappa shape index (κ2) is 8.54. The number of anilines is 2. The van der Waals surface area contributed by atoms with Gasteiger partial charge >= 0.3 is 5.97 Å². The molecule has 1 saturated carbocycles. The van der Waals surface area contributed by atoms with E-state index in [0.717, 1.165) is 35.5 Å². The number of aromatic nitrogens is 2. The molecule has 7 nitrogen and oxygen atoms in total. The van der Waals surface area contributed by atoms with Gasteiger partial charge in [-0.15, -0.1) is 0 Å². The van der Waals surface area contributed by atoms with Gasteiger partial charge in [0.15, 0.2) is 6.61 Å². The topological polar surface area (TPSA) is 100 Å². The quantitative estimate of drug-likeness (QED) is 0.533. The molecule has 3 aromatic rings. The molecule has 0 saturated heterocycles. The van der Waals surface area contributed by atoms with Gasteiger partial charge in [0.05, 0.1) is 22.7 Å². The smallest absolute Gasteiger partial charge is 0.341 e. The lowest BCUT2D eigenvalue weighted by Gasteiger charge is -2.40. The van der Waals surface area contributed by atoms with Gasteiger partial charge < -0.3 is 19.7 Å². The van der Waals surface area contributed by atoms with Crippen LogP contribution in [0.4, 0.5) is 11.6 Å². The van der Waals surface area contributed by atoms with E-state index in [2.05, 4.69) is 36.7 Å². The summed E-state index contributed by atoms with van der Waals surface area (Å²) in [6, 6.07) is 15.3. The number of imidazole rings is 1. The molecule has 0 spiro atoms. The largest absolute Gasteiger partial charge is 0.482 e. The summed E-state index contributed by atoms with van der Waals surface area (Å²) < 4.78 is 7.63. The Bertz CT molecular complexity index is 1170. The summed E-state index contributed by atoms with van der Waals surface area (Å²) in [5.74, 6) is 0.793. The van der Waals surface area contributed by atoms with Gasteiger partial charge in [0.2, 0.25) is 5.95 Å². The van der Waals surface area contributed by atoms with Crippen LogP contribution in [-0.4, -0.2) is 27.2 Å². The molecule has 1 heterocycles. The number of fused-ring (bicyclic) bond motifs is 1. The molecule has 2 atom stereocenters. The molecule has 0 radical (unpaired) electrons. The standard InChI is InChI=1S/C25H28N4O3/c1-16-10-19(13-25(2,3)12-16)29-22-9-8-20(32-15-23(30)31)11-21(22)28-24(29)27-18-6-4-17(14-26)5-7-18/h4-9,11,16,19H,10,12-13,15H2,1-3H3,(H,27,28)(H,30,31)/t16-,19-/m1/s1. The third-order valence-corrected chi connectivity index (χ3v) is 6.02. The van der Waals surface area contributed by atoms with E-state index in [1.165, 1.54) is 6.42 Å². The Labute approximate surface area is 187 Å². The predicted octanol–water partition coefficient (Wildman–Crippen LogP) is 5.50. The summed E-state index contributed by atoms with van der Waals surface area (Å²) in [4.78, 5) is 15.7. The van der Waals surface area contributed by atoms with Crippen LogP contribution in [0, 0.1) is 22.7 Å². The molecule has 4 rings (SSSR count). The molecule has 0 unspecified atom stereocenters. The van der Waals surface area contributed by atoms with Crippen LogP contribution in [-0.2, 0) is 4.79 Å². The highest BCUT2D eigenvalue weighted by Crippen LogP contribution is 2.46. The molecule has 1 fully saturated rings. The Morgan fingerprint density at radius 2 is 2.03 bits per heavy atom. The number of nitriles is 1. The maximum Gasteiger partial charge on any atom is 0.341 e. The minimum absolute atomic E-state index is 0.231. The van der Waals surface area contributed by atoms with Gasteiger partial charge in [-0.2, -0.15) is 5.26 Å². The molecule has 7 heteroatoms. The van der Waals surface area contributed by atoms with Gasteiger partial charge in [0.1, 0.15) is 5.75 Å². The molecule has 166 valence electrons. The van der Waals surface area contributed by atoms with Crippen LogP contribution >= 0.6 is 0 Å². The average molecular weight is 433 g/mol. The number of nitrogens with zero attached hydrogens (tertiary/aromatic N) is 3. The minimum atomic E-state index is -1.02. The number of carbonyl (C=O) groups is 1. The molecule has 0 amide bonds. The van der Waals surface area contributed by atoms with Crippen LogP contribution in [0.5, 0.6) is 5.75 Å². The predicted molar refractivity (Wildman–Crippen MR) is 123 cm³/mol. The number of hydrogen-bond acceptors (Lipinski definition) is 5. The van der Waals surface area contributed by atoms with E-state index in [0.29, 0.717) is 17.2 Å². The zero-order valence-electron chi connectivity index (χ0n) is 18.6. The van der Waals surface area contributed by atoms with Crippen molar-refractivity contribution in [2.45, 2.75) is 46.1 Å². The Morgan fingerprint density at radius 3 is 2.69 bits per heavy atom. The van der Waals surface area contributed by atoms with E-state index >= 15 is 0 Å². The zero-order valence-corrected chi connectivity index (χ0v) is 18.6. The molecule has 0 bridgehead atoms. The van der Waals surface area contributed by atoms with Crippen molar-refractivity contribution in [3.8, 4) is 11.8 Å². The van der Waals surface area contributed by atoms with Crippen LogP contribution in [0.15, 0.2) is 42.5 Å². The zero-order chi connectivity index (χ0) is 22.9. The highest BCUT2D eigenvalue weighted by Gasteiger charge is 2.34. The van der Waals surface area contributed by atoms with Crippen LogP contribution in [0.1, 0.15) is 51.6 Å². The summed E-state index contributed by atoms with van der Waals surface area (Å²) in [6.45, 7) is 6.55. The Hall–Kier alpha value is -3.53. The van der Waals surface area contributed by atoms with Gasteiger partial charge in [-0.3, -0.25) is 0 Å². The van der Waals surface area contributed by atoms with Crippen molar-refractivity contribution in [1.29, 1.82) is 5.26 Å². The number of aliphatic carboxylic acids is 1. The van der Waals surface area contributed by atoms with Gasteiger partial charge in [0, 0.05) is 17.8 Å². The summed E-state index contributed by atoms with van der Waals surface area (Å²) in [6.07, 6.45) is 3.30. The van der Waals surface area contributed by atoms with Crippen molar-refractivity contribution >= 4 is 28.6 Å². The number of benzene rings is 2. The monoisotopic (exact) mass is 432 g/mol. The number of rotatable bonds is 6. The maximum absolute atomic E-state index is 10.9. The SMILES string of the molecule is C[C@@H]1C[C@@H](n2c(Nc3ccc(C#N)cc3)nc3cc(OCC(=O)O)ccc32)CC(C)(C)C1. The van der Waals surface area contributed by atoms with E-state index in [1.807, 2.05) is 18.2 Å². The first-order valence-electron chi connectivity index (χ1n) is 10.9. The first kappa shape index (κ1) is 21.7. The fourth-order valence-corrected chi connectivity index (χ4v) is 5.02. The van der Waals surface area contributed by atoms with Gasteiger partial charge in [-0.1, -0.05) is 20.8 Å². The number of carboxylic acid groups (broad SMARTS) is 1. The average Bonchev–Trinajstić information content (AvgIpc) is 3.08. The number of nitrogens with one attached hydrogen (secondary N) is 1. The maximum atomic E-state index is 10.9. The molecule has 2 aromatic carbocycles. The highest BCUT2D eigenvalue weighted by molar-refractivity contribution is 5.81. The summed E-state index contributed by atoms with van der Waals surface area (Å²) in [5, 5.41) is 21.4. The third-order valence-electron chi connectivity index (χ3n) is 6.02. The van der Waals surface area contributed by atoms with Crippen LogP contribution < -0.4 is 10.1 Å². The fourth-order valence-electron chi connectivity index (χ4n) is 5.02. The molecule has 0 aliphatic heterocycles. The summed E-state index contributed by atoms with van der Waals surface area (Å²) >= 11 is 0. The fraction of sp³-hybridized carbons (Fsp3) is 0.400. The van der Waals surface area contributed by atoms with Crippen molar-refractivity contribution in [1.82, 2.24) is 9.55 Å². The van der Waals surface area contributed by atoms with E-state index in [4.69, 9.17) is 20.1 Å². The molecular weight excluding hydrogens is 404 g/mol. The van der Waals surface area contributed by atoms with Gasteiger partial charge in [0.25, 0.3) is 0 Å². The van der Waals surface area contributed by atoms with Crippen LogP contribution in [0.2, 0.25) is 0 Å². The molecule has 32 heavy (non-hydrogen) atoms. The Kier molecular flexibility index (Phi) is 5.79. The second-order valence-electron chi connectivity index (χ2n) is 9.52. The van der Waals surface area contributed by atoms with Crippen LogP contribution in [0.3, 0.4) is 0 Å². The molecule has 1 aliphatic rings. The van der Waals surface area contributed by atoms with Gasteiger partial charge in [-0.25, -0.2) is 9.78 Å². The van der Waals surface area contributed by atoms with Crippen molar-refractivity contribution < 1.29 is 14.6 Å².